The Morgan fingerprint density at radius 3 is 1.32 bits per heavy atom. The molecule has 9 aromatic rings. The maximum Gasteiger partial charge on any atom is 0.0991 e. The van der Waals surface area contributed by atoms with Crippen molar-refractivity contribution in [2.75, 3.05) is 0 Å². The second kappa shape index (κ2) is 11.9. The smallest absolute Gasteiger partial charge is 0.0991 e. The highest BCUT2D eigenvalue weighted by molar-refractivity contribution is 7.26. The molecule has 2 aromatic heterocycles. The minimum atomic E-state index is 0.596. The van der Waals surface area contributed by atoms with Crippen molar-refractivity contribution < 1.29 is 0 Å². The molecule has 0 bridgehead atoms. The van der Waals surface area contributed by atoms with Gasteiger partial charge in [0.25, 0.3) is 0 Å². The van der Waals surface area contributed by atoms with E-state index in [1.54, 1.807) is 22.7 Å². The topological polar surface area (TPSA) is 71.4 Å². The molecule has 9 rings (SSSR count). The largest absolute Gasteiger partial charge is 0.192 e. The van der Waals surface area contributed by atoms with Crippen molar-refractivity contribution in [3.63, 3.8) is 0 Å². The summed E-state index contributed by atoms with van der Waals surface area (Å²) in [5.74, 6) is 0. The summed E-state index contributed by atoms with van der Waals surface area (Å²) in [6, 6.07) is 54.8. The van der Waals surface area contributed by atoms with Crippen molar-refractivity contribution in [3.8, 4) is 62.7 Å². The highest BCUT2D eigenvalue weighted by atomic mass is 32.1. The second-order valence-electron chi connectivity index (χ2n) is 12.3. The van der Waals surface area contributed by atoms with E-state index in [4.69, 9.17) is 0 Å². The van der Waals surface area contributed by atoms with Gasteiger partial charge in [-0.05, 0) is 129 Å². The molecule has 0 unspecified atom stereocenters. The number of rotatable bonds is 4. The van der Waals surface area contributed by atoms with Gasteiger partial charge in [-0.15, -0.1) is 22.7 Å². The summed E-state index contributed by atoms with van der Waals surface area (Å²) in [4.78, 5) is 0. The number of nitriles is 3. The van der Waals surface area contributed by atoms with Crippen molar-refractivity contribution in [2.24, 2.45) is 0 Å². The molecule has 50 heavy (non-hydrogen) atoms. The molecule has 0 fully saturated rings. The van der Waals surface area contributed by atoms with Gasteiger partial charge in [0.15, 0.2) is 0 Å². The van der Waals surface area contributed by atoms with Crippen LogP contribution in [0.25, 0.3) is 84.9 Å². The first-order valence-corrected chi connectivity index (χ1v) is 17.7. The molecule has 0 aliphatic rings. The van der Waals surface area contributed by atoms with Gasteiger partial charge in [0.1, 0.15) is 0 Å². The zero-order chi connectivity index (χ0) is 33.8. The van der Waals surface area contributed by atoms with Crippen molar-refractivity contribution >= 4 is 63.0 Å². The van der Waals surface area contributed by atoms with E-state index in [0.717, 1.165) is 84.9 Å². The molecule has 3 nitrogen and oxygen atoms in total. The van der Waals surface area contributed by atoms with Crippen LogP contribution in [-0.2, 0) is 0 Å². The lowest BCUT2D eigenvalue weighted by molar-refractivity contribution is 1.48. The molecule has 2 heterocycles. The van der Waals surface area contributed by atoms with Gasteiger partial charge in [0.05, 0.1) is 34.9 Å². The molecule has 0 saturated carbocycles. The average Bonchev–Trinajstić information content (AvgIpc) is 3.74. The Kier molecular flexibility index (Phi) is 7.01. The van der Waals surface area contributed by atoms with Gasteiger partial charge in [-0.1, -0.05) is 54.6 Å². The van der Waals surface area contributed by atoms with Gasteiger partial charge in [-0.3, -0.25) is 0 Å². The van der Waals surface area contributed by atoms with E-state index in [0.29, 0.717) is 16.7 Å². The Hall–Kier alpha value is -6.55. The summed E-state index contributed by atoms with van der Waals surface area (Å²) in [6.07, 6.45) is 0. The van der Waals surface area contributed by atoms with Crippen LogP contribution >= 0.6 is 22.7 Å². The van der Waals surface area contributed by atoms with E-state index in [-0.39, 0.29) is 0 Å². The van der Waals surface area contributed by atoms with E-state index in [1.165, 1.54) is 0 Å². The zero-order valence-electron chi connectivity index (χ0n) is 26.4. The predicted octanol–water partition coefficient (Wildman–Crippen LogP) is 12.7. The Labute approximate surface area is 296 Å². The van der Waals surface area contributed by atoms with Gasteiger partial charge >= 0.3 is 0 Å². The van der Waals surface area contributed by atoms with Crippen LogP contribution in [0.2, 0.25) is 0 Å². The van der Waals surface area contributed by atoms with E-state index < -0.39 is 0 Å². The lowest BCUT2D eigenvalue weighted by atomic mass is 9.84. The molecule has 0 spiro atoms. The lowest BCUT2D eigenvalue weighted by Crippen LogP contribution is -1.94. The second-order valence-corrected chi connectivity index (χ2v) is 14.4. The summed E-state index contributed by atoms with van der Waals surface area (Å²) in [5.41, 5.74) is 10.3. The SMILES string of the molecule is N#Cc1cccc(-c2c(-c3ccc4sc5ccc(C#N)cc5c4c3)cc(-c3ccccc3)cc2-c2ccc3sc4ccc(C#N)cc4c3c2)c1. The zero-order valence-corrected chi connectivity index (χ0v) is 28.1. The van der Waals surface area contributed by atoms with Crippen LogP contribution in [0, 0.1) is 34.0 Å². The maximum atomic E-state index is 9.96. The monoisotopic (exact) mass is 669 g/mol. The third-order valence-electron chi connectivity index (χ3n) is 9.34. The first kappa shape index (κ1) is 29.6. The van der Waals surface area contributed by atoms with Crippen molar-refractivity contribution in [1.82, 2.24) is 0 Å². The van der Waals surface area contributed by atoms with Crippen LogP contribution in [0.4, 0.5) is 0 Å². The van der Waals surface area contributed by atoms with Crippen LogP contribution in [0.1, 0.15) is 16.7 Å². The van der Waals surface area contributed by atoms with Crippen molar-refractivity contribution in [2.45, 2.75) is 0 Å². The van der Waals surface area contributed by atoms with E-state index in [1.807, 2.05) is 60.7 Å². The molecule has 0 N–H and O–H groups in total. The van der Waals surface area contributed by atoms with Crippen LogP contribution in [0.15, 0.2) is 140 Å². The molecular formula is C45H23N3S2. The van der Waals surface area contributed by atoms with Crippen LogP contribution in [-0.4, -0.2) is 0 Å². The Bertz CT molecular complexity index is 2810. The first-order chi connectivity index (χ1) is 24.6. The molecular weight excluding hydrogens is 647 g/mol. The van der Waals surface area contributed by atoms with Gasteiger partial charge < -0.3 is 0 Å². The summed E-state index contributed by atoms with van der Waals surface area (Å²) in [6.45, 7) is 0. The maximum absolute atomic E-state index is 9.96. The molecule has 0 saturated heterocycles. The summed E-state index contributed by atoms with van der Waals surface area (Å²) < 4.78 is 4.62. The Morgan fingerprint density at radius 2 is 0.800 bits per heavy atom. The van der Waals surface area contributed by atoms with Gasteiger partial charge in [0.2, 0.25) is 0 Å². The third kappa shape index (κ3) is 4.92. The molecule has 0 atom stereocenters. The fraction of sp³-hybridized carbons (Fsp3) is 0. The lowest BCUT2D eigenvalue weighted by Gasteiger charge is -2.19. The van der Waals surface area contributed by atoms with Gasteiger partial charge in [0, 0.05) is 40.3 Å². The van der Waals surface area contributed by atoms with E-state index in [2.05, 4.69) is 97.1 Å². The Balaban J connectivity index is 1.39. The van der Waals surface area contributed by atoms with Crippen molar-refractivity contribution in [3.05, 3.63) is 156 Å². The normalized spacial score (nSPS) is 11.1. The van der Waals surface area contributed by atoms with E-state index in [9.17, 15) is 15.8 Å². The van der Waals surface area contributed by atoms with Crippen LogP contribution in [0.3, 0.4) is 0 Å². The number of hydrogen-bond donors (Lipinski definition) is 0. The minimum absolute atomic E-state index is 0.596. The first-order valence-electron chi connectivity index (χ1n) is 16.1. The van der Waals surface area contributed by atoms with Gasteiger partial charge in [-0.25, -0.2) is 0 Å². The van der Waals surface area contributed by atoms with Crippen LogP contribution < -0.4 is 0 Å². The average molecular weight is 670 g/mol. The fourth-order valence-electron chi connectivity index (χ4n) is 6.98. The summed E-state index contributed by atoms with van der Waals surface area (Å²) >= 11 is 3.46. The third-order valence-corrected chi connectivity index (χ3v) is 11.6. The highest BCUT2D eigenvalue weighted by Crippen LogP contribution is 2.47. The number of thiophene rings is 2. The number of nitrogens with zero attached hydrogens (tertiary/aromatic N) is 3. The molecule has 230 valence electrons. The molecule has 0 amide bonds. The fourth-order valence-corrected chi connectivity index (χ4v) is 9.11. The minimum Gasteiger partial charge on any atom is -0.192 e. The van der Waals surface area contributed by atoms with E-state index >= 15 is 0 Å². The molecule has 0 aliphatic carbocycles. The molecule has 0 aliphatic heterocycles. The molecule has 7 aromatic carbocycles. The predicted molar refractivity (Wildman–Crippen MR) is 208 cm³/mol. The summed E-state index contributed by atoms with van der Waals surface area (Å²) in [7, 11) is 0. The van der Waals surface area contributed by atoms with Crippen molar-refractivity contribution in [1.29, 1.82) is 15.8 Å². The number of hydrogen-bond acceptors (Lipinski definition) is 5. The van der Waals surface area contributed by atoms with Gasteiger partial charge in [-0.2, -0.15) is 15.8 Å². The Morgan fingerprint density at radius 1 is 0.340 bits per heavy atom. The number of benzene rings is 7. The highest BCUT2D eigenvalue weighted by Gasteiger charge is 2.20. The molecule has 5 heteroatoms. The summed E-state index contributed by atoms with van der Waals surface area (Å²) in [5, 5.41) is 33.7. The molecule has 0 radical (unpaired) electrons. The standard InChI is InChI=1S/C45H23N3S2/c46-24-27-5-4-8-33(17-27)45-35(31-11-15-43-39(20-31)37-18-28(25-47)9-13-41(37)49-43)22-34(30-6-2-1-3-7-30)23-36(45)32-12-16-44-40(21-32)38-19-29(26-48)10-14-42(38)50-44/h1-23H. The number of fused-ring (bicyclic) bond motifs is 6. The quantitative estimate of drug-likeness (QED) is 0.187. The van der Waals surface area contributed by atoms with Crippen LogP contribution in [0.5, 0.6) is 0 Å².